The van der Waals surface area contributed by atoms with Crippen LogP contribution in [0, 0.1) is 0 Å². The third-order valence-electron chi connectivity index (χ3n) is 2.09. The first-order valence-corrected chi connectivity index (χ1v) is 5.61. The molecule has 1 N–H and O–H groups in total. The zero-order valence-corrected chi connectivity index (χ0v) is 10.1. The largest absolute Gasteiger partial charge is 0.369 e. The fourth-order valence-corrected chi connectivity index (χ4v) is 1.22. The van der Waals surface area contributed by atoms with Crippen molar-refractivity contribution in [3.63, 3.8) is 0 Å². The summed E-state index contributed by atoms with van der Waals surface area (Å²) in [6.07, 6.45) is -0.694. The first-order valence-electron chi connectivity index (χ1n) is 5.61. The van der Waals surface area contributed by atoms with E-state index in [4.69, 9.17) is 4.74 Å². The summed E-state index contributed by atoms with van der Waals surface area (Å²) in [6.45, 7) is 4.48. The summed E-state index contributed by atoms with van der Waals surface area (Å²) in [4.78, 5) is 4.14. The third-order valence-corrected chi connectivity index (χ3v) is 2.09. The molecule has 0 aliphatic carbocycles. The molecule has 0 bridgehead atoms. The molecule has 0 aliphatic heterocycles. The van der Waals surface area contributed by atoms with E-state index in [0.717, 1.165) is 12.1 Å². The van der Waals surface area contributed by atoms with Gasteiger partial charge in [-0.2, -0.15) is 0 Å². The monoisotopic (exact) mass is 244 g/mol. The summed E-state index contributed by atoms with van der Waals surface area (Å²) in [5.74, 6) is 0. The molecule has 0 saturated carbocycles. The number of pyridine rings is 1. The highest BCUT2D eigenvalue weighted by atomic mass is 19.3. The Kier molecular flexibility index (Phi) is 6.00. The molecule has 0 saturated heterocycles. The van der Waals surface area contributed by atoms with Crippen molar-refractivity contribution < 1.29 is 13.5 Å². The van der Waals surface area contributed by atoms with Gasteiger partial charge in [-0.25, -0.2) is 8.78 Å². The van der Waals surface area contributed by atoms with E-state index in [1.165, 1.54) is 0 Å². The van der Waals surface area contributed by atoms with E-state index >= 15 is 0 Å². The van der Waals surface area contributed by atoms with Crippen LogP contribution in [-0.2, 0) is 17.9 Å². The molecule has 0 radical (unpaired) electrons. The maximum atomic E-state index is 11.8. The second kappa shape index (κ2) is 7.29. The summed E-state index contributed by atoms with van der Waals surface area (Å²) in [6, 6.07) is 4.13. The number of halogens is 2. The zero-order valence-electron chi connectivity index (χ0n) is 10.1. The molecule has 17 heavy (non-hydrogen) atoms. The molecule has 0 unspecified atom stereocenters. The van der Waals surface area contributed by atoms with Crippen LogP contribution in [0.3, 0.4) is 0 Å². The Balaban J connectivity index is 2.34. The minimum absolute atomic E-state index is 0.127. The molecule has 0 spiro atoms. The Morgan fingerprint density at radius 2 is 2.12 bits per heavy atom. The zero-order chi connectivity index (χ0) is 12.7. The van der Waals surface area contributed by atoms with Gasteiger partial charge in [-0.1, -0.05) is 19.9 Å². The van der Waals surface area contributed by atoms with Crippen molar-refractivity contribution in [1.82, 2.24) is 10.3 Å². The summed E-state index contributed by atoms with van der Waals surface area (Å²) in [5.41, 5.74) is 1.73. The van der Waals surface area contributed by atoms with Gasteiger partial charge in [0.15, 0.2) is 0 Å². The van der Waals surface area contributed by atoms with Crippen LogP contribution < -0.4 is 5.32 Å². The minimum atomic E-state index is -2.43. The van der Waals surface area contributed by atoms with Gasteiger partial charge in [0, 0.05) is 18.8 Å². The molecular weight excluding hydrogens is 226 g/mol. The van der Waals surface area contributed by atoms with Crippen molar-refractivity contribution in [2.45, 2.75) is 39.5 Å². The van der Waals surface area contributed by atoms with E-state index in [9.17, 15) is 8.78 Å². The van der Waals surface area contributed by atoms with Gasteiger partial charge in [0.05, 0.1) is 12.3 Å². The van der Waals surface area contributed by atoms with Crippen LogP contribution in [-0.4, -0.2) is 24.1 Å². The van der Waals surface area contributed by atoms with Crippen LogP contribution >= 0.6 is 0 Å². The maximum Gasteiger partial charge on any atom is 0.261 e. The summed E-state index contributed by atoms with van der Waals surface area (Å²) in [7, 11) is 0. The Morgan fingerprint density at radius 3 is 2.65 bits per heavy atom. The third kappa shape index (κ3) is 6.28. The standard InChI is InChI=1S/C12H18F2N2O/c1-9(2)15-5-10-3-4-11(16-6-10)7-17-8-12(13)14/h3-4,6,9,12,15H,5,7-8H2,1-2H3. The summed E-state index contributed by atoms with van der Waals surface area (Å²) < 4.78 is 28.4. The van der Waals surface area contributed by atoms with Crippen LogP contribution in [0.1, 0.15) is 25.1 Å². The highest BCUT2D eigenvalue weighted by molar-refractivity contribution is 5.13. The van der Waals surface area contributed by atoms with Gasteiger partial charge in [0.2, 0.25) is 0 Å². The summed E-state index contributed by atoms with van der Waals surface area (Å²) >= 11 is 0. The second-order valence-corrected chi connectivity index (χ2v) is 4.10. The molecule has 1 heterocycles. The van der Waals surface area contributed by atoms with Gasteiger partial charge < -0.3 is 10.1 Å². The molecule has 3 nitrogen and oxygen atoms in total. The Bertz CT molecular complexity index is 315. The SMILES string of the molecule is CC(C)NCc1ccc(COCC(F)F)nc1. The summed E-state index contributed by atoms with van der Waals surface area (Å²) in [5, 5.41) is 3.27. The van der Waals surface area contributed by atoms with Crippen LogP contribution in [0.25, 0.3) is 0 Å². The highest BCUT2D eigenvalue weighted by Crippen LogP contribution is 2.03. The molecule has 1 aromatic rings. The van der Waals surface area contributed by atoms with E-state index in [1.54, 1.807) is 12.3 Å². The number of aromatic nitrogens is 1. The van der Waals surface area contributed by atoms with Gasteiger partial charge in [0.25, 0.3) is 6.43 Å². The molecule has 0 fully saturated rings. The lowest BCUT2D eigenvalue weighted by Gasteiger charge is -2.08. The van der Waals surface area contributed by atoms with Gasteiger partial charge in [-0.15, -0.1) is 0 Å². The molecule has 0 aromatic carbocycles. The fourth-order valence-electron chi connectivity index (χ4n) is 1.22. The van der Waals surface area contributed by atoms with E-state index < -0.39 is 13.0 Å². The molecule has 1 rings (SSSR count). The van der Waals surface area contributed by atoms with Crippen LogP contribution in [0.2, 0.25) is 0 Å². The molecule has 5 heteroatoms. The number of ether oxygens (including phenoxy) is 1. The predicted molar refractivity (Wildman–Crippen MR) is 61.9 cm³/mol. The topological polar surface area (TPSA) is 34.1 Å². The highest BCUT2D eigenvalue weighted by Gasteiger charge is 2.03. The van der Waals surface area contributed by atoms with Crippen molar-refractivity contribution in [1.29, 1.82) is 0 Å². The smallest absolute Gasteiger partial charge is 0.261 e. The van der Waals surface area contributed by atoms with Crippen LogP contribution in [0.15, 0.2) is 18.3 Å². The lowest BCUT2D eigenvalue weighted by atomic mass is 10.2. The Morgan fingerprint density at radius 1 is 1.35 bits per heavy atom. The molecule has 0 atom stereocenters. The van der Waals surface area contributed by atoms with Crippen molar-refractivity contribution in [3.05, 3.63) is 29.6 Å². The van der Waals surface area contributed by atoms with Crippen molar-refractivity contribution in [2.24, 2.45) is 0 Å². The van der Waals surface area contributed by atoms with Crippen molar-refractivity contribution in [3.8, 4) is 0 Å². The molecule has 1 aromatic heterocycles. The van der Waals surface area contributed by atoms with Crippen molar-refractivity contribution in [2.75, 3.05) is 6.61 Å². The fraction of sp³-hybridized carbons (Fsp3) is 0.583. The van der Waals surface area contributed by atoms with Gasteiger partial charge >= 0.3 is 0 Å². The quantitative estimate of drug-likeness (QED) is 0.799. The molecule has 96 valence electrons. The molecule has 0 amide bonds. The number of alkyl halides is 2. The van der Waals surface area contributed by atoms with Gasteiger partial charge in [-0.3, -0.25) is 4.98 Å². The number of rotatable bonds is 7. The second-order valence-electron chi connectivity index (χ2n) is 4.10. The average molecular weight is 244 g/mol. The van der Waals surface area contributed by atoms with Gasteiger partial charge in [-0.05, 0) is 11.6 Å². The van der Waals surface area contributed by atoms with Crippen LogP contribution in [0.5, 0.6) is 0 Å². The Labute approximate surface area is 100 Å². The van der Waals surface area contributed by atoms with E-state index in [1.807, 2.05) is 6.07 Å². The first-order chi connectivity index (χ1) is 8.08. The molecular formula is C12H18F2N2O. The first kappa shape index (κ1) is 14.0. The average Bonchev–Trinajstić information content (AvgIpc) is 2.27. The maximum absolute atomic E-state index is 11.8. The number of nitrogens with zero attached hydrogens (tertiary/aromatic N) is 1. The lowest BCUT2D eigenvalue weighted by molar-refractivity contribution is 0.00883. The van der Waals surface area contributed by atoms with Crippen molar-refractivity contribution >= 4 is 0 Å². The minimum Gasteiger partial charge on any atom is -0.369 e. The molecule has 0 aliphatic rings. The normalized spacial score (nSPS) is 11.4. The van der Waals surface area contributed by atoms with Gasteiger partial charge in [0.1, 0.15) is 6.61 Å². The number of hydrogen-bond donors (Lipinski definition) is 1. The van der Waals surface area contributed by atoms with E-state index in [-0.39, 0.29) is 6.61 Å². The number of nitrogens with one attached hydrogen (secondary N) is 1. The lowest BCUT2D eigenvalue weighted by Crippen LogP contribution is -2.21. The Hall–Kier alpha value is -1.07. The number of hydrogen-bond acceptors (Lipinski definition) is 3. The predicted octanol–water partition coefficient (Wildman–Crippen LogP) is 2.36. The van der Waals surface area contributed by atoms with E-state index in [2.05, 4.69) is 24.1 Å². The van der Waals surface area contributed by atoms with Crippen LogP contribution in [0.4, 0.5) is 8.78 Å². The van der Waals surface area contributed by atoms with E-state index in [0.29, 0.717) is 11.7 Å².